The van der Waals surface area contributed by atoms with Crippen LogP contribution in [-0.4, -0.2) is 0 Å². The molecule has 0 saturated carbocycles. The summed E-state index contributed by atoms with van der Waals surface area (Å²) < 4.78 is 19.9. The van der Waals surface area contributed by atoms with Crippen molar-refractivity contribution in [2.45, 2.75) is 19.6 Å². The SMILES string of the molecule is CC(N)c1ccc(OCc2ccc(Cl)s2)cc1F. The maximum atomic E-state index is 13.7. The topological polar surface area (TPSA) is 35.2 Å². The van der Waals surface area contributed by atoms with Gasteiger partial charge in [0.2, 0.25) is 0 Å². The quantitative estimate of drug-likeness (QED) is 0.916. The Bertz CT molecular complexity index is 542. The van der Waals surface area contributed by atoms with Crippen LogP contribution < -0.4 is 10.5 Å². The van der Waals surface area contributed by atoms with E-state index in [4.69, 9.17) is 22.1 Å². The van der Waals surface area contributed by atoms with E-state index in [-0.39, 0.29) is 11.9 Å². The monoisotopic (exact) mass is 285 g/mol. The number of nitrogens with two attached hydrogens (primary N) is 1. The Hall–Kier alpha value is -1.10. The summed E-state index contributed by atoms with van der Waals surface area (Å²) in [6.45, 7) is 2.13. The molecular formula is C13H13ClFNOS. The fraction of sp³-hybridized carbons (Fsp3) is 0.231. The second-order valence-corrected chi connectivity index (χ2v) is 5.77. The minimum atomic E-state index is -0.341. The number of thiophene rings is 1. The van der Waals surface area contributed by atoms with E-state index in [0.717, 1.165) is 4.88 Å². The van der Waals surface area contributed by atoms with E-state index in [0.29, 0.717) is 22.3 Å². The van der Waals surface area contributed by atoms with Crippen molar-refractivity contribution in [2.24, 2.45) is 5.73 Å². The Morgan fingerprint density at radius 2 is 2.17 bits per heavy atom. The lowest BCUT2D eigenvalue weighted by Gasteiger charge is -2.09. The molecule has 5 heteroatoms. The molecule has 0 radical (unpaired) electrons. The van der Waals surface area contributed by atoms with Gasteiger partial charge in [-0.25, -0.2) is 4.39 Å². The summed E-state index contributed by atoms with van der Waals surface area (Å²) in [5.74, 6) is 0.146. The van der Waals surface area contributed by atoms with Crippen LogP contribution in [0, 0.1) is 5.82 Å². The molecular weight excluding hydrogens is 273 g/mol. The molecule has 2 rings (SSSR count). The first-order valence-corrected chi connectivity index (χ1v) is 6.68. The number of hydrogen-bond donors (Lipinski definition) is 1. The number of rotatable bonds is 4. The van der Waals surface area contributed by atoms with E-state index < -0.39 is 0 Å². The molecule has 1 unspecified atom stereocenters. The summed E-state index contributed by atoms with van der Waals surface area (Å²) in [6, 6.07) is 8.10. The molecule has 0 bridgehead atoms. The number of ether oxygens (including phenoxy) is 1. The highest BCUT2D eigenvalue weighted by molar-refractivity contribution is 7.16. The molecule has 1 atom stereocenters. The lowest BCUT2D eigenvalue weighted by molar-refractivity contribution is 0.308. The average molecular weight is 286 g/mol. The van der Waals surface area contributed by atoms with Gasteiger partial charge in [0.15, 0.2) is 0 Å². The van der Waals surface area contributed by atoms with Gasteiger partial charge in [-0.1, -0.05) is 17.7 Å². The standard InChI is InChI=1S/C13H13ClFNOS/c1-8(16)11-4-2-9(6-12(11)15)17-7-10-3-5-13(14)18-10/h2-6,8H,7,16H2,1H3. The summed E-state index contributed by atoms with van der Waals surface area (Å²) >= 11 is 7.26. The minimum Gasteiger partial charge on any atom is -0.488 e. The van der Waals surface area contributed by atoms with Crippen LogP contribution in [0.2, 0.25) is 4.34 Å². The van der Waals surface area contributed by atoms with Gasteiger partial charge in [-0.05, 0) is 25.1 Å². The predicted octanol–water partition coefficient (Wildman–Crippen LogP) is 4.14. The predicted molar refractivity (Wildman–Crippen MR) is 72.7 cm³/mol. The van der Waals surface area contributed by atoms with E-state index in [1.165, 1.54) is 17.4 Å². The van der Waals surface area contributed by atoms with E-state index in [1.54, 1.807) is 19.1 Å². The summed E-state index contributed by atoms with van der Waals surface area (Å²) in [5.41, 5.74) is 6.13. The normalized spacial score (nSPS) is 12.4. The molecule has 1 heterocycles. The second-order valence-electron chi connectivity index (χ2n) is 3.97. The van der Waals surface area contributed by atoms with Crippen molar-refractivity contribution in [3.63, 3.8) is 0 Å². The molecule has 1 aromatic carbocycles. The van der Waals surface area contributed by atoms with Crippen molar-refractivity contribution in [1.82, 2.24) is 0 Å². The molecule has 1 aromatic heterocycles. The molecule has 2 aromatic rings. The van der Waals surface area contributed by atoms with Gasteiger partial charge >= 0.3 is 0 Å². The minimum absolute atomic E-state index is 0.324. The van der Waals surface area contributed by atoms with Crippen molar-refractivity contribution >= 4 is 22.9 Å². The third-order valence-corrected chi connectivity index (χ3v) is 3.68. The number of hydrogen-bond acceptors (Lipinski definition) is 3. The zero-order valence-electron chi connectivity index (χ0n) is 9.82. The van der Waals surface area contributed by atoms with Crippen LogP contribution in [0.1, 0.15) is 23.4 Å². The first kappa shape index (κ1) is 13.3. The van der Waals surface area contributed by atoms with Gasteiger partial charge in [0, 0.05) is 22.5 Å². The maximum absolute atomic E-state index is 13.7. The highest BCUT2D eigenvalue weighted by atomic mass is 35.5. The van der Waals surface area contributed by atoms with Crippen LogP contribution in [0.25, 0.3) is 0 Å². The van der Waals surface area contributed by atoms with Crippen LogP contribution in [0.3, 0.4) is 0 Å². The maximum Gasteiger partial charge on any atom is 0.131 e. The number of benzene rings is 1. The van der Waals surface area contributed by atoms with E-state index in [2.05, 4.69) is 0 Å². The summed E-state index contributed by atoms with van der Waals surface area (Å²) in [6.07, 6.45) is 0. The number of halogens is 2. The molecule has 0 aliphatic rings. The van der Waals surface area contributed by atoms with E-state index in [9.17, 15) is 4.39 Å². The van der Waals surface area contributed by atoms with Crippen molar-refractivity contribution in [2.75, 3.05) is 0 Å². The molecule has 0 saturated heterocycles. The Balaban J connectivity index is 2.04. The van der Waals surface area contributed by atoms with Crippen molar-refractivity contribution in [3.8, 4) is 5.75 Å². The Morgan fingerprint density at radius 1 is 1.39 bits per heavy atom. The van der Waals surface area contributed by atoms with E-state index >= 15 is 0 Å². The van der Waals surface area contributed by atoms with Crippen LogP contribution in [-0.2, 0) is 6.61 Å². The molecule has 2 nitrogen and oxygen atoms in total. The fourth-order valence-electron chi connectivity index (χ4n) is 1.55. The summed E-state index contributed by atoms with van der Waals surface area (Å²) in [5, 5.41) is 0. The highest BCUT2D eigenvalue weighted by Gasteiger charge is 2.08. The zero-order valence-corrected chi connectivity index (χ0v) is 11.4. The van der Waals surface area contributed by atoms with Gasteiger partial charge in [-0.3, -0.25) is 0 Å². The molecule has 0 amide bonds. The Morgan fingerprint density at radius 3 is 2.72 bits per heavy atom. The largest absolute Gasteiger partial charge is 0.488 e. The smallest absolute Gasteiger partial charge is 0.131 e. The molecule has 0 aliphatic heterocycles. The highest BCUT2D eigenvalue weighted by Crippen LogP contribution is 2.24. The zero-order chi connectivity index (χ0) is 13.1. The third kappa shape index (κ3) is 3.22. The Kier molecular flexibility index (Phi) is 4.22. The van der Waals surface area contributed by atoms with Gasteiger partial charge in [0.05, 0.1) is 4.34 Å². The van der Waals surface area contributed by atoms with Crippen LogP contribution in [0.4, 0.5) is 4.39 Å². The van der Waals surface area contributed by atoms with Crippen molar-refractivity contribution < 1.29 is 9.13 Å². The molecule has 0 aliphatic carbocycles. The Labute approximate surface area is 114 Å². The molecule has 0 fully saturated rings. The molecule has 0 spiro atoms. The van der Waals surface area contributed by atoms with Crippen LogP contribution in [0.15, 0.2) is 30.3 Å². The lowest BCUT2D eigenvalue weighted by atomic mass is 10.1. The summed E-state index contributed by atoms with van der Waals surface area (Å²) in [4.78, 5) is 0.997. The fourth-order valence-corrected chi connectivity index (χ4v) is 2.55. The van der Waals surface area contributed by atoms with Gasteiger partial charge in [-0.2, -0.15) is 0 Å². The van der Waals surface area contributed by atoms with E-state index in [1.807, 2.05) is 12.1 Å². The second kappa shape index (κ2) is 5.69. The molecule has 2 N–H and O–H groups in total. The first-order chi connectivity index (χ1) is 8.56. The van der Waals surface area contributed by atoms with Gasteiger partial charge in [0.1, 0.15) is 18.2 Å². The van der Waals surface area contributed by atoms with Crippen LogP contribution >= 0.6 is 22.9 Å². The first-order valence-electron chi connectivity index (χ1n) is 5.48. The molecule has 96 valence electrons. The third-order valence-electron chi connectivity index (χ3n) is 2.47. The van der Waals surface area contributed by atoms with Gasteiger partial charge < -0.3 is 10.5 Å². The van der Waals surface area contributed by atoms with Gasteiger partial charge in [-0.15, -0.1) is 11.3 Å². The average Bonchev–Trinajstić information content (AvgIpc) is 2.72. The lowest BCUT2D eigenvalue weighted by Crippen LogP contribution is -2.07. The molecule has 18 heavy (non-hydrogen) atoms. The van der Waals surface area contributed by atoms with Crippen molar-refractivity contribution in [3.05, 3.63) is 50.9 Å². The summed E-state index contributed by atoms with van der Waals surface area (Å²) in [7, 11) is 0. The van der Waals surface area contributed by atoms with Crippen molar-refractivity contribution in [1.29, 1.82) is 0 Å². The van der Waals surface area contributed by atoms with Gasteiger partial charge in [0.25, 0.3) is 0 Å². The van der Waals surface area contributed by atoms with Crippen LogP contribution in [0.5, 0.6) is 5.75 Å².